The molecular formula is C17H26N2. The van der Waals surface area contributed by atoms with Crippen LogP contribution < -0.4 is 10.6 Å². The van der Waals surface area contributed by atoms with Gasteiger partial charge in [0.2, 0.25) is 0 Å². The van der Waals surface area contributed by atoms with Crippen LogP contribution in [0.25, 0.3) is 0 Å². The molecule has 0 spiro atoms. The molecule has 1 aromatic rings. The summed E-state index contributed by atoms with van der Waals surface area (Å²) in [6, 6.07) is 7.17. The third kappa shape index (κ3) is 2.27. The van der Waals surface area contributed by atoms with E-state index >= 15 is 0 Å². The lowest BCUT2D eigenvalue weighted by Gasteiger charge is -2.33. The molecule has 3 rings (SSSR count). The van der Waals surface area contributed by atoms with E-state index in [1.54, 1.807) is 0 Å². The van der Waals surface area contributed by atoms with Crippen molar-refractivity contribution in [3.8, 4) is 0 Å². The average Bonchev–Trinajstić information content (AvgIpc) is 2.92. The Labute approximate surface area is 117 Å². The maximum Gasteiger partial charge on any atom is 0.0393 e. The predicted molar refractivity (Wildman–Crippen MR) is 81.5 cm³/mol. The van der Waals surface area contributed by atoms with Crippen molar-refractivity contribution in [2.24, 2.45) is 23.5 Å². The van der Waals surface area contributed by atoms with Crippen molar-refractivity contribution in [1.82, 2.24) is 0 Å². The highest BCUT2D eigenvalue weighted by Crippen LogP contribution is 2.48. The summed E-state index contributed by atoms with van der Waals surface area (Å²) in [5.74, 6) is 2.39. The molecule has 4 atom stereocenters. The van der Waals surface area contributed by atoms with Gasteiger partial charge in [-0.2, -0.15) is 0 Å². The van der Waals surface area contributed by atoms with Gasteiger partial charge in [0.05, 0.1) is 0 Å². The van der Waals surface area contributed by atoms with Crippen LogP contribution in [0.3, 0.4) is 0 Å². The minimum absolute atomic E-state index is 0.437. The minimum atomic E-state index is 0.437. The molecule has 0 amide bonds. The van der Waals surface area contributed by atoms with E-state index in [2.05, 4.69) is 44.0 Å². The highest BCUT2D eigenvalue weighted by Gasteiger charge is 2.45. The Morgan fingerprint density at radius 1 is 1.21 bits per heavy atom. The molecule has 0 saturated heterocycles. The van der Waals surface area contributed by atoms with E-state index in [1.165, 1.54) is 36.1 Å². The van der Waals surface area contributed by atoms with Crippen molar-refractivity contribution in [2.75, 3.05) is 18.5 Å². The first kappa shape index (κ1) is 13.0. The average molecular weight is 258 g/mol. The van der Waals surface area contributed by atoms with E-state index in [9.17, 15) is 0 Å². The van der Waals surface area contributed by atoms with Crippen LogP contribution in [0, 0.1) is 31.6 Å². The summed E-state index contributed by atoms with van der Waals surface area (Å²) in [6.07, 6.45) is 4.16. The van der Waals surface area contributed by atoms with Crippen LogP contribution >= 0.6 is 0 Å². The second kappa shape index (κ2) is 4.82. The molecule has 4 unspecified atom stereocenters. The number of rotatable bonds is 3. The fourth-order valence-electron chi connectivity index (χ4n) is 4.37. The van der Waals surface area contributed by atoms with E-state index in [0.717, 1.165) is 18.4 Å². The molecule has 2 nitrogen and oxygen atoms in total. The largest absolute Gasteiger partial charge is 0.374 e. The highest BCUT2D eigenvalue weighted by molar-refractivity contribution is 5.53. The molecule has 0 aromatic heterocycles. The summed E-state index contributed by atoms with van der Waals surface area (Å²) in [4.78, 5) is 2.42. The van der Waals surface area contributed by atoms with E-state index < -0.39 is 0 Å². The monoisotopic (exact) mass is 258 g/mol. The zero-order valence-electron chi connectivity index (χ0n) is 12.4. The fraction of sp³-hybridized carbons (Fsp3) is 0.647. The van der Waals surface area contributed by atoms with Crippen molar-refractivity contribution >= 4 is 5.69 Å². The Morgan fingerprint density at radius 2 is 1.95 bits per heavy atom. The molecule has 19 heavy (non-hydrogen) atoms. The van der Waals surface area contributed by atoms with E-state index in [0.29, 0.717) is 12.0 Å². The summed E-state index contributed by atoms with van der Waals surface area (Å²) < 4.78 is 0. The molecule has 2 aliphatic carbocycles. The maximum atomic E-state index is 6.43. The zero-order valence-corrected chi connectivity index (χ0v) is 12.4. The number of fused-ring (bicyclic) bond motifs is 2. The van der Waals surface area contributed by atoms with Gasteiger partial charge in [-0.15, -0.1) is 0 Å². The highest BCUT2D eigenvalue weighted by atomic mass is 15.1. The van der Waals surface area contributed by atoms with Crippen LogP contribution in [0.5, 0.6) is 0 Å². The number of nitrogens with zero attached hydrogens (tertiary/aromatic N) is 1. The van der Waals surface area contributed by atoms with Crippen molar-refractivity contribution in [3.05, 3.63) is 29.3 Å². The molecule has 2 saturated carbocycles. The van der Waals surface area contributed by atoms with E-state index in [-0.39, 0.29) is 0 Å². The Balaban J connectivity index is 1.73. The Morgan fingerprint density at radius 3 is 2.58 bits per heavy atom. The quantitative estimate of drug-likeness (QED) is 0.902. The summed E-state index contributed by atoms with van der Waals surface area (Å²) in [6.45, 7) is 5.48. The topological polar surface area (TPSA) is 29.3 Å². The number of hydrogen-bond acceptors (Lipinski definition) is 2. The summed E-state index contributed by atoms with van der Waals surface area (Å²) in [5.41, 5.74) is 10.5. The molecular weight excluding hydrogens is 232 g/mol. The second-order valence-corrected chi connectivity index (χ2v) is 6.74. The van der Waals surface area contributed by atoms with Crippen molar-refractivity contribution in [2.45, 2.75) is 39.2 Å². The third-order valence-electron chi connectivity index (χ3n) is 5.41. The zero-order chi connectivity index (χ0) is 13.6. The predicted octanol–water partition coefficient (Wildman–Crippen LogP) is 3.11. The SMILES string of the molecule is Cc1ccc(N(C)CC2C3CCC(C3)C2N)c(C)c1. The molecule has 0 aliphatic heterocycles. The molecule has 2 bridgehead atoms. The van der Waals surface area contributed by atoms with Gasteiger partial charge in [-0.05, 0) is 62.5 Å². The number of anilines is 1. The van der Waals surface area contributed by atoms with Crippen LogP contribution in [0.2, 0.25) is 0 Å². The summed E-state index contributed by atoms with van der Waals surface area (Å²) in [7, 11) is 2.22. The molecule has 2 heteroatoms. The van der Waals surface area contributed by atoms with Crippen LogP contribution in [0.15, 0.2) is 18.2 Å². The van der Waals surface area contributed by atoms with Gasteiger partial charge in [-0.3, -0.25) is 0 Å². The van der Waals surface area contributed by atoms with Crippen molar-refractivity contribution in [3.63, 3.8) is 0 Å². The minimum Gasteiger partial charge on any atom is -0.374 e. The lowest BCUT2D eigenvalue weighted by Crippen LogP contribution is -2.42. The molecule has 0 heterocycles. The van der Waals surface area contributed by atoms with Crippen LogP contribution in [0.1, 0.15) is 30.4 Å². The van der Waals surface area contributed by atoms with Crippen molar-refractivity contribution < 1.29 is 0 Å². The lowest BCUT2D eigenvalue weighted by molar-refractivity contribution is 0.293. The molecule has 1 aromatic carbocycles. The first-order chi connectivity index (χ1) is 9.06. The van der Waals surface area contributed by atoms with Crippen molar-refractivity contribution in [1.29, 1.82) is 0 Å². The Bertz CT molecular complexity index is 466. The van der Waals surface area contributed by atoms with Gasteiger partial charge < -0.3 is 10.6 Å². The molecule has 2 fully saturated rings. The van der Waals surface area contributed by atoms with E-state index in [1.807, 2.05) is 0 Å². The van der Waals surface area contributed by atoms with Gasteiger partial charge in [0.25, 0.3) is 0 Å². The summed E-state index contributed by atoms with van der Waals surface area (Å²) in [5, 5.41) is 0. The smallest absolute Gasteiger partial charge is 0.0393 e. The molecule has 2 N–H and O–H groups in total. The van der Waals surface area contributed by atoms with Gasteiger partial charge in [-0.1, -0.05) is 17.7 Å². The van der Waals surface area contributed by atoms with Gasteiger partial charge in [0.1, 0.15) is 0 Å². The second-order valence-electron chi connectivity index (χ2n) is 6.74. The Hall–Kier alpha value is -1.02. The molecule has 104 valence electrons. The summed E-state index contributed by atoms with van der Waals surface area (Å²) >= 11 is 0. The number of nitrogens with two attached hydrogens (primary N) is 1. The first-order valence-corrected chi connectivity index (χ1v) is 7.60. The number of aryl methyl sites for hydroxylation is 2. The van der Waals surface area contributed by atoms with Crippen LogP contribution in [-0.2, 0) is 0 Å². The van der Waals surface area contributed by atoms with Gasteiger partial charge >= 0.3 is 0 Å². The molecule has 2 aliphatic rings. The van der Waals surface area contributed by atoms with Crippen LogP contribution in [-0.4, -0.2) is 19.6 Å². The standard InChI is InChI=1S/C17H26N2/c1-11-4-7-16(12(2)8-11)19(3)10-15-13-5-6-14(9-13)17(15)18/h4,7-8,13-15,17H,5-6,9-10,18H2,1-3H3. The van der Waals surface area contributed by atoms with Gasteiger partial charge in [0.15, 0.2) is 0 Å². The first-order valence-electron chi connectivity index (χ1n) is 7.60. The normalized spacial score (nSPS) is 32.8. The van der Waals surface area contributed by atoms with E-state index in [4.69, 9.17) is 5.73 Å². The molecule has 0 radical (unpaired) electrons. The Kier molecular flexibility index (Phi) is 3.30. The van der Waals surface area contributed by atoms with Gasteiger partial charge in [-0.25, -0.2) is 0 Å². The number of benzene rings is 1. The van der Waals surface area contributed by atoms with Crippen LogP contribution in [0.4, 0.5) is 5.69 Å². The maximum absolute atomic E-state index is 6.43. The fourth-order valence-corrected chi connectivity index (χ4v) is 4.37. The number of hydrogen-bond donors (Lipinski definition) is 1. The lowest BCUT2D eigenvalue weighted by atomic mass is 9.84. The third-order valence-corrected chi connectivity index (χ3v) is 5.41. The van der Waals surface area contributed by atoms with Gasteiger partial charge in [0, 0.05) is 25.3 Å².